The molecule has 6 heteroatoms. The Morgan fingerprint density at radius 3 is 2.68 bits per heavy atom. The van der Waals surface area contributed by atoms with Crippen molar-refractivity contribution in [2.45, 2.75) is 26.3 Å². The maximum atomic E-state index is 12.4. The fraction of sp³-hybridized carbons (Fsp3) is 0.263. The number of aromatic nitrogens is 4. The minimum Gasteiger partial charge on any atom is -0.352 e. The molecule has 0 saturated heterocycles. The Morgan fingerprint density at radius 1 is 1.12 bits per heavy atom. The average Bonchev–Trinajstić information content (AvgIpc) is 3.13. The third kappa shape index (κ3) is 4.09. The normalized spacial score (nSPS) is 10.8. The lowest BCUT2D eigenvalue weighted by Crippen LogP contribution is -2.25. The van der Waals surface area contributed by atoms with E-state index >= 15 is 0 Å². The van der Waals surface area contributed by atoms with E-state index in [9.17, 15) is 4.79 Å². The summed E-state index contributed by atoms with van der Waals surface area (Å²) >= 11 is 0. The standard InChI is InChI=1S/C19H21N5O/c1-14(2)24-18(21-22-23-24)16-9-6-10-17(13-16)19(25)20-12-11-15-7-4-3-5-8-15/h3-10,13-14H,11-12H2,1-2H3,(H,20,25). The van der Waals surface area contributed by atoms with Gasteiger partial charge >= 0.3 is 0 Å². The van der Waals surface area contributed by atoms with Gasteiger partial charge in [-0.3, -0.25) is 4.79 Å². The van der Waals surface area contributed by atoms with Crippen LogP contribution >= 0.6 is 0 Å². The van der Waals surface area contributed by atoms with Crippen molar-refractivity contribution in [3.8, 4) is 11.4 Å². The number of hydrogen-bond acceptors (Lipinski definition) is 4. The lowest BCUT2D eigenvalue weighted by Gasteiger charge is -2.09. The van der Waals surface area contributed by atoms with E-state index in [0.29, 0.717) is 17.9 Å². The van der Waals surface area contributed by atoms with Crippen molar-refractivity contribution in [1.29, 1.82) is 0 Å². The first-order chi connectivity index (χ1) is 12.1. The van der Waals surface area contributed by atoms with E-state index in [1.807, 2.05) is 50.2 Å². The van der Waals surface area contributed by atoms with Crippen LogP contribution in [0.25, 0.3) is 11.4 Å². The number of amides is 1. The van der Waals surface area contributed by atoms with Crippen LogP contribution in [0.1, 0.15) is 35.8 Å². The van der Waals surface area contributed by atoms with Crippen molar-refractivity contribution in [2.75, 3.05) is 6.54 Å². The summed E-state index contributed by atoms with van der Waals surface area (Å²) in [7, 11) is 0. The predicted molar refractivity (Wildman–Crippen MR) is 96.1 cm³/mol. The van der Waals surface area contributed by atoms with Crippen LogP contribution < -0.4 is 5.32 Å². The van der Waals surface area contributed by atoms with Crippen LogP contribution in [0.4, 0.5) is 0 Å². The lowest BCUT2D eigenvalue weighted by molar-refractivity contribution is 0.0954. The smallest absolute Gasteiger partial charge is 0.251 e. The van der Waals surface area contributed by atoms with Crippen LogP contribution in [0.5, 0.6) is 0 Å². The zero-order valence-electron chi connectivity index (χ0n) is 14.4. The minimum absolute atomic E-state index is 0.0960. The number of nitrogens with zero attached hydrogens (tertiary/aromatic N) is 4. The molecule has 25 heavy (non-hydrogen) atoms. The molecule has 128 valence electrons. The summed E-state index contributed by atoms with van der Waals surface area (Å²) in [5.41, 5.74) is 2.63. The molecule has 3 aromatic rings. The number of rotatable bonds is 6. The fourth-order valence-corrected chi connectivity index (χ4v) is 2.60. The van der Waals surface area contributed by atoms with Gasteiger partial charge in [0.05, 0.1) is 6.04 Å². The SMILES string of the molecule is CC(C)n1nnnc1-c1cccc(C(=O)NCCc2ccccc2)c1. The molecule has 0 bridgehead atoms. The summed E-state index contributed by atoms with van der Waals surface area (Å²) in [6, 6.07) is 17.6. The highest BCUT2D eigenvalue weighted by atomic mass is 16.1. The van der Waals surface area contributed by atoms with E-state index in [-0.39, 0.29) is 11.9 Å². The van der Waals surface area contributed by atoms with E-state index in [1.165, 1.54) is 5.56 Å². The lowest BCUT2D eigenvalue weighted by atomic mass is 10.1. The zero-order valence-corrected chi connectivity index (χ0v) is 14.4. The van der Waals surface area contributed by atoms with Crippen LogP contribution in [-0.2, 0) is 6.42 Å². The van der Waals surface area contributed by atoms with Crippen LogP contribution in [0, 0.1) is 0 Å². The molecule has 1 amide bonds. The highest BCUT2D eigenvalue weighted by molar-refractivity contribution is 5.95. The summed E-state index contributed by atoms with van der Waals surface area (Å²) in [5.74, 6) is 0.565. The summed E-state index contributed by atoms with van der Waals surface area (Å²) < 4.78 is 1.74. The predicted octanol–water partition coefficient (Wildman–Crippen LogP) is 2.89. The van der Waals surface area contributed by atoms with Crippen molar-refractivity contribution in [1.82, 2.24) is 25.5 Å². The molecule has 3 rings (SSSR count). The number of benzene rings is 2. The maximum absolute atomic E-state index is 12.4. The first-order valence-corrected chi connectivity index (χ1v) is 8.35. The summed E-state index contributed by atoms with van der Waals surface area (Å²) in [6.07, 6.45) is 0.803. The minimum atomic E-state index is -0.0960. The summed E-state index contributed by atoms with van der Waals surface area (Å²) in [5, 5.41) is 14.8. The zero-order chi connectivity index (χ0) is 17.6. The first kappa shape index (κ1) is 16.8. The van der Waals surface area contributed by atoms with Crippen molar-refractivity contribution in [3.63, 3.8) is 0 Å². The van der Waals surface area contributed by atoms with Crippen LogP contribution in [0.15, 0.2) is 54.6 Å². The maximum Gasteiger partial charge on any atom is 0.251 e. The number of carbonyl (C=O) groups is 1. The molecule has 0 aliphatic rings. The molecule has 6 nitrogen and oxygen atoms in total. The molecular formula is C19H21N5O. The van der Waals surface area contributed by atoms with Gasteiger partial charge in [-0.25, -0.2) is 4.68 Å². The van der Waals surface area contributed by atoms with Gasteiger partial charge in [-0.15, -0.1) is 5.10 Å². The van der Waals surface area contributed by atoms with E-state index in [1.54, 1.807) is 10.7 Å². The van der Waals surface area contributed by atoms with E-state index in [2.05, 4.69) is 33.0 Å². The fourth-order valence-electron chi connectivity index (χ4n) is 2.60. The van der Waals surface area contributed by atoms with Gasteiger partial charge in [0, 0.05) is 17.7 Å². The first-order valence-electron chi connectivity index (χ1n) is 8.35. The Labute approximate surface area is 146 Å². The van der Waals surface area contributed by atoms with Gasteiger partial charge in [0.25, 0.3) is 5.91 Å². The van der Waals surface area contributed by atoms with Gasteiger partial charge in [0.1, 0.15) is 0 Å². The highest BCUT2D eigenvalue weighted by Gasteiger charge is 2.13. The van der Waals surface area contributed by atoms with E-state index < -0.39 is 0 Å². The molecule has 1 N–H and O–H groups in total. The van der Waals surface area contributed by atoms with Gasteiger partial charge < -0.3 is 5.32 Å². The molecule has 0 aliphatic carbocycles. The number of hydrogen-bond donors (Lipinski definition) is 1. The average molecular weight is 335 g/mol. The van der Waals surface area contributed by atoms with E-state index in [0.717, 1.165) is 12.0 Å². The molecule has 0 aliphatic heterocycles. The largest absolute Gasteiger partial charge is 0.352 e. The second-order valence-corrected chi connectivity index (χ2v) is 6.11. The van der Waals surface area contributed by atoms with Gasteiger partial charge in [-0.2, -0.15) is 0 Å². The number of nitrogens with one attached hydrogen (secondary N) is 1. The Bertz CT molecular complexity index is 842. The molecule has 0 saturated carbocycles. The topological polar surface area (TPSA) is 72.7 Å². The van der Waals surface area contributed by atoms with Crippen molar-refractivity contribution in [3.05, 3.63) is 65.7 Å². The monoisotopic (exact) mass is 335 g/mol. The van der Waals surface area contributed by atoms with Crippen molar-refractivity contribution < 1.29 is 4.79 Å². The van der Waals surface area contributed by atoms with Crippen molar-refractivity contribution in [2.24, 2.45) is 0 Å². The molecule has 0 radical (unpaired) electrons. The van der Waals surface area contributed by atoms with Crippen LogP contribution in [-0.4, -0.2) is 32.7 Å². The van der Waals surface area contributed by atoms with Crippen LogP contribution in [0.2, 0.25) is 0 Å². The molecular weight excluding hydrogens is 314 g/mol. The molecule has 0 atom stereocenters. The number of carbonyl (C=O) groups excluding carboxylic acids is 1. The highest BCUT2D eigenvalue weighted by Crippen LogP contribution is 2.20. The van der Waals surface area contributed by atoms with Gasteiger partial charge in [-0.05, 0) is 48.4 Å². The Balaban J connectivity index is 1.68. The van der Waals surface area contributed by atoms with Gasteiger partial charge in [-0.1, -0.05) is 42.5 Å². The van der Waals surface area contributed by atoms with Gasteiger partial charge in [0.15, 0.2) is 5.82 Å². The summed E-state index contributed by atoms with van der Waals surface area (Å²) in [6.45, 7) is 4.62. The molecule has 1 heterocycles. The summed E-state index contributed by atoms with van der Waals surface area (Å²) in [4.78, 5) is 12.4. The van der Waals surface area contributed by atoms with Crippen molar-refractivity contribution >= 4 is 5.91 Å². The third-order valence-corrected chi connectivity index (χ3v) is 3.91. The Kier molecular flexibility index (Phi) is 5.18. The van der Waals surface area contributed by atoms with E-state index in [4.69, 9.17) is 0 Å². The third-order valence-electron chi connectivity index (χ3n) is 3.91. The van der Waals surface area contributed by atoms with Gasteiger partial charge in [0.2, 0.25) is 0 Å². The van der Waals surface area contributed by atoms with Crippen LogP contribution in [0.3, 0.4) is 0 Å². The second-order valence-electron chi connectivity index (χ2n) is 6.11. The molecule has 2 aromatic carbocycles. The quantitative estimate of drug-likeness (QED) is 0.752. The molecule has 1 aromatic heterocycles. The number of tetrazole rings is 1. The second kappa shape index (κ2) is 7.70. The molecule has 0 unspecified atom stereocenters. The Hall–Kier alpha value is -3.02. The molecule has 0 fully saturated rings. The molecule has 0 spiro atoms. The Morgan fingerprint density at radius 2 is 1.92 bits per heavy atom.